The Morgan fingerprint density at radius 2 is 1.88 bits per heavy atom. The lowest BCUT2D eigenvalue weighted by molar-refractivity contribution is -0.151. The van der Waals surface area contributed by atoms with Gasteiger partial charge in [0.25, 0.3) is 0 Å². The molecule has 1 aliphatic carbocycles. The first-order chi connectivity index (χ1) is 11.7. The van der Waals surface area contributed by atoms with Gasteiger partial charge in [-0.25, -0.2) is 0 Å². The Labute approximate surface area is 143 Å². The molecule has 24 heavy (non-hydrogen) atoms. The van der Waals surface area contributed by atoms with Gasteiger partial charge in [0.15, 0.2) is 0 Å². The molecule has 124 valence electrons. The second-order valence-electron chi connectivity index (χ2n) is 6.89. The predicted molar refractivity (Wildman–Crippen MR) is 93.7 cm³/mol. The maximum atomic E-state index is 11.5. The number of hydrogen-bond acceptors (Lipinski definition) is 3. The van der Waals surface area contributed by atoms with Crippen LogP contribution in [0.3, 0.4) is 0 Å². The number of fused-ring (bicyclic) bond motifs is 3. The van der Waals surface area contributed by atoms with Crippen LogP contribution in [0.25, 0.3) is 0 Å². The Kier molecular flexibility index (Phi) is 4.11. The van der Waals surface area contributed by atoms with Gasteiger partial charge in [-0.1, -0.05) is 54.6 Å². The zero-order chi connectivity index (χ0) is 16.5. The number of likely N-dealkylation sites (tertiary alicyclic amines) is 1. The Bertz CT molecular complexity index is 728. The number of rotatable bonds is 3. The van der Waals surface area contributed by atoms with Gasteiger partial charge in [-0.3, -0.25) is 9.69 Å². The quantitative estimate of drug-likeness (QED) is 0.810. The van der Waals surface area contributed by atoms with Gasteiger partial charge in [0.2, 0.25) is 0 Å². The lowest BCUT2D eigenvalue weighted by Crippen LogP contribution is -2.49. The van der Waals surface area contributed by atoms with Gasteiger partial charge in [-0.05, 0) is 29.5 Å². The topological polar surface area (TPSA) is 29.5 Å². The second-order valence-corrected chi connectivity index (χ2v) is 6.89. The van der Waals surface area contributed by atoms with E-state index in [1.165, 1.54) is 23.6 Å². The van der Waals surface area contributed by atoms with Crippen molar-refractivity contribution in [3.05, 3.63) is 71.3 Å². The van der Waals surface area contributed by atoms with E-state index in [4.69, 9.17) is 4.74 Å². The molecule has 1 saturated heterocycles. The first-order valence-corrected chi connectivity index (χ1v) is 8.75. The van der Waals surface area contributed by atoms with Crippen LogP contribution in [0.4, 0.5) is 0 Å². The maximum absolute atomic E-state index is 11.5. The van der Waals surface area contributed by atoms with Gasteiger partial charge >= 0.3 is 5.97 Å². The van der Waals surface area contributed by atoms with Crippen LogP contribution in [0.2, 0.25) is 0 Å². The van der Waals surface area contributed by atoms with Gasteiger partial charge in [-0.15, -0.1) is 0 Å². The number of piperidine rings is 1. The number of carbonyl (C=O) groups excluding carboxylic acids is 1. The minimum atomic E-state index is -0.167. The summed E-state index contributed by atoms with van der Waals surface area (Å²) in [7, 11) is 0. The molecule has 0 unspecified atom stereocenters. The highest BCUT2D eigenvalue weighted by Crippen LogP contribution is 2.43. The van der Waals surface area contributed by atoms with E-state index in [-0.39, 0.29) is 12.1 Å². The number of esters is 1. The summed E-state index contributed by atoms with van der Waals surface area (Å²) in [5, 5.41) is 0. The molecule has 0 spiro atoms. The molecular weight excluding hydrogens is 298 g/mol. The van der Waals surface area contributed by atoms with Crippen LogP contribution in [-0.4, -0.2) is 29.6 Å². The zero-order valence-corrected chi connectivity index (χ0v) is 14.0. The van der Waals surface area contributed by atoms with Crippen LogP contribution in [0.5, 0.6) is 0 Å². The van der Waals surface area contributed by atoms with Crippen molar-refractivity contribution < 1.29 is 9.53 Å². The third-order valence-corrected chi connectivity index (χ3v) is 5.37. The summed E-state index contributed by atoms with van der Waals surface area (Å²) in [6, 6.07) is 19.7. The fourth-order valence-electron chi connectivity index (χ4n) is 4.41. The van der Waals surface area contributed by atoms with E-state index in [9.17, 15) is 4.79 Å². The summed E-state index contributed by atoms with van der Waals surface area (Å²) in [5.41, 5.74) is 4.12. The molecule has 0 bridgehead atoms. The lowest BCUT2D eigenvalue weighted by Gasteiger charge is -2.42. The summed E-state index contributed by atoms with van der Waals surface area (Å²) in [6.07, 6.45) is 1.95. The molecule has 4 rings (SSSR count). The number of benzene rings is 2. The molecule has 0 saturated carbocycles. The highest BCUT2D eigenvalue weighted by molar-refractivity contribution is 5.66. The average molecular weight is 321 g/mol. The standard InChI is InChI=1S/C21H23NO2/c1-15(23)24-20-11-12-22(14-16-7-3-2-4-8-16)19-13-17-9-5-6-10-18(17)21(19)20/h2-10,19-21H,11-14H2,1H3/t19-,20-,21+/m0/s1. The first-order valence-electron chi connectivity index (χ1n) is 8.75. The fourth-order valence-corrected chi connectivity index (χ4v) is 4.41. The van der Waals surface area contributed by atoms with E-state index in [0.29, 0.717) is 12.0 Å². The van der Waals surface area contributed by atoms with Gasteiger partial charge in [0.1, 0.15) is 6.10 Å². The minimum Gasteiger partial charge on any atom is -0.462 e. The maximum Gasteiger partial charge on any atom is 0.302 e. The van der Waals surface area contributed by atoms with Crippen molar-refractivity contribution in [2.45, 2.75) is 44.4 Å². The molecule has 2 aromatic rings. The monoisotopic (exact) mass is 321 g/mol. The van der Waals surface area contributed by atoms with Crippen molar-refractivity contribution in [2.75, 3.05) is 6.54 Å². The van der Waals surface area contributed by atoms with E-state index >= 15 is 0 Å². The van der Waals surface area contributed by atoms with Gasteiger partial charge in [-0.2, -0.15) is 0 Å². The van der Waals surface area contributed by atoms with Crippen molar-refractivity contribution in [2.24, 2.45) is 0 Å². The highest BCUT2D eigenvalue weighted by atomic mass is 16.5. The molecule has 0 amide bonds. The Hall–Kier alpha value is -2.13. The Morgan fingerprint density at radius 3 is 2.67 bits per heavy atom. The van der Waals surface area contributed by atoms with Crippen molar-refractivity contribution in [3.63, 3.8) is 0 Å². The smallest absolute Gasteiger partial charge is 0.302 e. The highest BCUT2D eigenvalue weighted by Gasteiger charge is 2.45. The average Bonchev–Trinajstić information content (AvgIpc) is 2.98. The van der Waals surface area contributed by atoms with Crippen LogP contribution in [-0.2, 0) is 22.5 Å². The van der Waals surface area contributed by atoms with Crippen molar-refractivity contribution in [1.29, 1.82) is 0 Å². The van der Waals surface area contributed by atoms with Crippen molar-refractivity contribution in [1.82, 2.24) is 4.90 Å². The molecule has 0 N–H and O–H groups in total. The van der Waals surface area contributed by atoms with Crippen molar-refractivity contribution >= 4 is 5.97 Å². The van der Waals surface area contributed by atoms with Crippen LogP contribution in [0, 0.1) is 0 Å². The number of carbonyl (C=O) groups is 1. The van der Waals surface area contributed by atoms with Crippen molar-refractivity contribution in [3.8, 4) is 0 Å². The molecule has 1 fully saturated rings. The number of hydrogen-bond donors (Lipinski definition) is 0. The van der Waals surface area contributed by atoms with Gasteiger partial charge in [0.05, 0.1) is 0 Å². The summed E-state index contributed by atoms with van der Waals surface area (Å²) in [4.78, 5) is 14.1. The Balaban J connectivity index is 1.62. The van der Waals surface area contributed by atoms with E-state index in [1.54, 1.807) is 0 Å². The predicted octanol–water partition coefficient (Wildman–Crippen LogP) is 3.53. The van der Waals surface area contributed by atoms with Crippen LogP contribution in [0.15, 0.2) is 54.6 Å². The zero-order valence-electron chi connectivity index (χ0n) is 14.0. The molecule has 0 aromatic heterocycles. The molecule has 2 aliphatic rings. The van der Waals surface area contributed by atoms with E-state index in [2.05, 4.69) is 59.5 Å². The lowest BCUT2D eigenvalue weighted by atomic mass is 9.85. The fraction of sp³-hybridized carbons (Fsp3) is 0.381. The number of ether oxygens (including phenoxy) is 1. The van der Waals surface area contributed by atoms with E-state index in [1.807, 2.05) is 0 Å². The SMILES string of the molecule is CC(=O)O[C@H]1CCN(Cc2ccccc2)[C@H]2Cc3ccccc3[C@@H]12. The molecule has 0 radical (unpaired) electrons. The largest absolute Gasteiger partial charge is 0.462 e. The molecule has 3 atom stereocenters. The summed E-state index contributed by atoms with van der Waals surface area (Å²) < 4.78 is 5.69. The third-order valence-electron chi connectivity index (χ3n) is 5.37. The van der Waals surface area contributed by atoms with Gasteiger partial charge < -0.3 is 4.74 Å². The number of nitrogens with zero attached hydrogens (tertiary/aromatic N) is 1. The third kappa shape index (κ3) is 2.84. The normalized spacial score (nSPS) is 25.8. The summed E-state index contributed by atoms with van der Waals surface area (Å²) in [6.45, 7) is 3.46. The molecule has 3 heteroatoms. The molecule has 2 aromatic carbocycles. The summed E-state index contributed by atoms with van der Waals surface area (Å²) in [5.74, 6) is 0.127. The van der Waals surface area contributed by atoms with Crippen LogP contribution >= 0.6 is 0 Å². The molecular formula is C21H23NO2. The molecule has 3 nitrogen and oxygen atoms in total. The Morgan fingerprint density at radius 1 is 1.12 bits per heavy atom. The van der Waals surface area contributed by atoms with Crippen LogP contribution in [0.1, 0.15) is 36.0 Å². The first kappa shape index (κ1) is 15.4. The van der Waals surface area contributed by atoms with E-state index < -0.39 is 0 Å². The molecule has 1 aliphatic heterocycles. The van der Waals surface area contributed by atoms with Gasteiger partial charge in [0, 0.05) is 32.0 Å². The van der Waals surface area contributed by atoms with E-state index in [0.717, 1.165) is 25.9 Å². The minimum absolute atomic E-state index is 0.00294. The van der Waals surface area contributed by atoms with Crippen LogP contribution < -0.4 is 0 Å². The molecule has 1 heterocycles. The summed E-state index contributed by atoms with van der Waals surface area (Å²) >= 11 is 0. The second kappa shape index (κ2) is 6.40.